The quantitative estimate of drug-likeness (QED) is 0.679. The number of hydrogen-bond acceptors (Lipinski definition) is 2. The van der Waals surface area contributed by atoms with Gasteiger partial charge in [-0.1, -0.05) is 18.2 Å². The summed E-state index contributed by atoms with van der Waals surface area (Å²) in [5.41, 5.74) is 0.855. The number of carbonyl (C=O) groups excluding carboxylic acids is 1. The summed E-state index contributed by atoms with van der Waals surface area (Å²) in [7, 11) is 0. The van der Waals surface area contributed by atoms with Crippen molar-refractivity contribution in [3.8, 4) is 5.75 Å². The van der Waals surface area contributed by atoms with Crippen LogP contribution in [0.3, 0.4) is 0 Å². The summed E-state index contributed by atoms with van der Waals surface area (Å²) < 4.78 is 0. The first-order chi connectivity index (χ1) is 7.63. The van der Waals surface area contributed by atoms with Gasteiger partial charge in [-0.15, -0.1) is 6.58 Å². The number of amides is 2. The fraction of sp³-hybridized carbons (Fsp3) is 0.250. The molecule has 1 atom stereocenters. The molecule has 2 amide bonds. The van der Waals surface area contributed by atoms with Crippen LogP contribution < -0.4 is 10.6 Å². The van der Waals surface area contributed by atoms with E-state index in [9.17, 15) is 9.90 Å². The monoisotopic (exact) mass is 220 g/mol. The summed E-state index contributed by atoms with van der Waals surface area (Å²) in [6, 6.07) is 6.39. The van der Waals surface area contributed by atoms with E-state index >= 15 is 0 Å². The maximum atomic E-state index is 11.3. The van der Waals surface area contributed by atoms with E-state index in [0.717, 1.165) is 5.56 Å². The van der Waals surface area contributed by atoms with Crippen LogP contribution in [-0.2, 0) is 0 Å². The second-order valence-electron chi connectivity index (χ2n) is 3.46. The molecule has 0 radical (unpaired) electrons. The lowest BCUT2D eigenvalue weighted by atomic mass is 10.1. The van der Waals surface area contributed by atoms with E-state index in [-0.39, 0.29) is 17.8 Å². The number of rotatable bonds is 4. The Bertz CT molecular complexity index is 377. The molecule has 1 aromatic rings. The van der Waals surface area contributed by atoms with Crippen molar-refractivity contribution < 1.29 is 9.90 Å². The van der Waals surface area contributed by atoms with E-state index in [1.807, 2.05) is 13.0 Å². The normalized spacial score (nSPS) is 11.6. The highest BCUT2D eigenvalue weighted by atomic mass is 16.3. The van der Waals surface area contributed by atoms with Gasteiger partial charge in [0, 0.05) is 6.54 Å². The molecule has 0 bridgehead atoms. The van der Waals surface area contributed by atoms with Crippen LogP contribution in [0.25, 0.3) is 0 Å². The summed E-state index contributed by atoms with van der Waals surface area (Å²) in [6.45, 7) is 5.78. The van der Waals surface area contributed by atoms with Crippen LogP contribution in [0, 0.1) is 0 Å². The van der Waals surface area contributed by atoms with Gasteiger partial charge in [0.1, 0.15) is 5.75 Å². The van der Waals surface area contributed by atoms with E-state index in [4.69, 9.17) is 0 Å². The minimum absolute atomic E-state index is 0.156. The molecule has 0 saturated heterocycles. The lowest BCUT2D eigenvalue weighted by molar-refractivity contribution is 0.239. The molecule has 0 fully saturated rings. The van der Waals surface area contributed by atoms with Crippen LogP contribution >= 0.6 is 0 Å². The van der Waals surface area contributed by atoms with Crippen LogP contribution in [0.5, 0.6) is 5.75 Å². The molecule has 1 aromatic carbocycles. The third kappa shape index (κ3) is 3.65. The molecule has 86 valence electrons. The van der Waals surface area contributed by atoms with Crippen molar-refractivity contribution in [2.24, 2.45) is 0 Å². The van der Waals surface area contributed by atoms with Crippen LogP contribution in [0.15, 0.2) is 36.9 Å². The Balaban J connectivity index is 2.54. The number of urea groups is 1. The second kappa shape index (κ2) is 5.80. The molecule has 0 aliphatic carbocycles. The summed E-state index contributed by atoms with van der Waals surface area (Å²) in [6.07, 6.45) is 1.61. The van der Waals surface area contributed by atoms with Gasteiger partial charge in [-0.3, -0.25) is 0 Å². The highest BCUT2D eigenvalue weighted by molar-refractivity contribution is 5.74. The molecule has 4 nitrogen and oxygen atoms in total. The molecule has 0 unspecified atom stereocenters. The summed E-state index contributed by atoms with van der Waals surface area (Å²) in [4.78, 5) is 11.3. The van der Waals surface area contributed by atoms with Gasteiger partial charge in [0.15, 0.2) is 0 Å². The van der Waals surface area contributed by atoms with Crippen molar-refractivity contribution in [3.05, 3.63) is 42.5 Å². The zero-order valence-electron chi connectivity index (χ0n) is 9.23. The number of carbonyl (C=O) groups is 1. The van der Waals surface area contributed by atoms with E-state index < -0.39 is 0 Å². The predicted molar refractivity (Wildman–Crippen MR) is 63.3 cm³/mol. The van der Waals surface area contributed by atoms with Crippen LogP contribution in [0.4, 0.5) is 4.79 Å². The van der Waals surface area contributed by atoms with Crippen molar-refractivity contribution in [2.75, 3.05) is 6.54 Å². The average Bonchev–Trinajstić information content (AvgIpc) is 2.26. The maximum absolute atomic E-state index is 11.3. The molecule has 0 saturated carbocycles. The van der Waals surface area contributed by atoms with E-state index in [2.05, 4.69) is 17.2 Å². The summed E-state index contributed by atoms with van der Waals surface area (Å²) in [5, 5.41) is 14.7. The SMILES string of the molecule is C=CCNC(=O)N[C@@H](C)c1cccc(O)c1. The molecule has 3 N–H and O–H groups in total. The first-order valence-electron chi connectivity index (χ1n) is 5.07. The largest absolute Gasteiger partial charge is 0.508 e. The van der Waals surface area contributed by atoms with Gasteiger partial charge in [-0.05, 0) is 24.6 Å². The number of phenolic OH excluding ortho intramolecular Hbond substituents is 1. The highest BCUT2D eigenvalue weighted by Gasteiger charge is 2.08. The van der Waals surface area contributed by atoms with E-state index in [1.54, 1.807) is 24.3 Å². The second-order valence-corrected chi connectivity index (χ2v) is 3.46. The zero-order chi connectivity index (χ0) is 12.0. The number of hydrogen-bond donors (Lipinski definition) is 3. The fourth-order valence-corrected chi connectivity index (χ4v) is 1.29. The minimum atomic E-state index is -0.254. The summed E-state index contributed by atoms with van der Waals surface area (Å²) >= 11 is 0. The molecule has 0 aliphatic rings. The van der Waals surface area contributed by atoms with Gasteiger partial charge in [0.2, 0.25) is 0 Å². The molecule has 0 spiro atoms. The summed E-state index contributed by atoms with van der Waals surface area (Å²) in [5.74, 6) is 0.192. The van der Waals surface area contributed by atoms with Crippen molar-refractivity contribution in [3.63, 3.8) is 0 Å². The molecule has 0 aliphatic heterocycles. The van der Waals surface area contributed by atoms with Crippen LogP contribution in [-0.4, -0.2) is 17.7 Å². The van der Waals surface area contributed by atoms with Gasteiger partial charge in [-0.2, -0.15) is 0 Å². The van der Waals surface area contributed by atoms with Crippen molar-refractivity contribution in [1.29, 1.82) is 0 Å². The van der Waals surface area contributed by atoms with Crippen LogP contribution in [0.1, 0.15) is 18.5 Å². The van der Waals surface area contributed by atoms with Gasteiger partial charge in [0.25, 0.3) is 0 Å². The predicted octanol–water partition coefficient (Wildman–Crippen LogP) is 1.94. The van der Waals surface area contributed by atoms with Gasteiger partial charge in [-0.25, -0.2) is 4.79 Å². The Morgan fingerprint density at radius 2 is 2.38 bits per heavy atom. The Hall–Kier alpha value is -1.97. The molecular formula is C12H16N2O2. The molecule has 4 heteroatoms. The first-order valence-corrected chi connectivity index (χ1v) is 5.07. The fourth-order valence-electron chi connectivity index (χ4n) is 1.29. The van der Waals surface area contributed by atoms with Crippen molar-refractivity contribution in [1.82, 2.24) is 10.6 Å². The average molecular weight is 220 g/mol. The highest BCUT2D eigenvalue weighted by Crippen LogP contribution is 2.17. The molecule has 16 heavy (non-hydrogen) atoms. The molecule has 0 aromatic heterocycles. The van der Waals surface area contributed by atoms with Crippen LogP contribution in [0.2, 0.25) is 0 Å². The minimum Gasteiger partial charge on any atom is -0.508 e. The van der Waals surface area contributed by atoms with Gasteiger partial charge >= 0.3 is 6.03 Å². The smallest absolute Gasteiger partial charge is 0.315 e. The Labute approximate surface area is 95.0 Å². The standard InChI is InChI=1S/C12H16N2O2/c1-3-7-13-12(16)14-9(2)10-5-4-6-11(15)8-10/h3-6,8-9,15H,1,7H2,2H3,(H2,13,14,16)/t9-/m0/s1. The molecular weight excluding hydrogens is 204 g/mol. The van der Waals surface area contributed by atoms with Gasteiger partial charge in [0.05, 0.1) is 6.04 Å². The topological polar surface area (TPSA) is 61.4 Å². The molecule has 0 heterocycles. The van der Waals surface area contributed by atoms with E-state index in [1.165, 1.54) is 0 Å². The maximum Gasteiger partial charge on any atom is 0.315 e. The zero-order valence-corrected chi connectivity index (χ0v) is 9.23. The van der Waals surface area contributed by atoms with Gasteiger partial charge < -0.3 is 15.7 Å². The van der Waals surface area contributed by atoms with E-state index in [0.29, 0.717) is 6.54 Å². The lowest BCUT2D eigenvalue weighted by Gasteiger charge is -2.14. The lowest BCUT2D eigenvalue weighted by Crippen LogP contribution is -2.36. The first kappa shape index (κ1) is 12.1. The van der Waals surface area contributed by atoms with Crippen molar-refractivity contribution in [2.45, 2.75) is 13.0 Å². The molecule has 1 rings (SSSR count). The Morgan fingerprint density at radius 1 is 1.62 bits per heavy atom. The number of nitrogens with one attached hydrogen (secondary N) is 2. The third-order valence-corrected chi connectivity index (χ3v) is 2.12. The third-order valence-electron chi connectivity index (χ3n) is 2.12. The number of aromatic hydroxyl groups is 1. The number of benzene rings is 1. The number of phenols is 1. The van der Waals surface area contributed by atoms with Crippen molar-refractivity contribution >= 4 is 6.03 Å². The Morgan fingerprint density at radius 3 is 3.00 bits per heavy atom. The Kier molecular flexibility index (Phi) is 4.39.